The van der Waals surface area contributed by atoms with Crippen LogP contribution in [0.3, 0.4) is 0 Å². The van der Waals surface area contributed by atoms with Gasteiger partial charge in [-0.1, -0.05) is 25.7 Å². The van der Waals surface area contributed by atoms with Crippen LogP contribution in [-0.4, -0.2) is 12.9 Å². The highest BCUT2D eigenvalue weighted by molar-refractivity contribution is 5.46. The monoisotopic (exact) mass is 287 g/mol. The molecule has 0 unspecified atom stereocenters. The molecule has 1 aromatic carbocycles. The summed E-state index contributed by atoms with van der Waals surface area (Å²) in [6.45, 7) is 0.888. The molecule has 0 saturated heterocycles. The van der Waals surface area contributed by atoms with Gasteiger partial charge in [0.1, 0.15) is 5.75 Å². The number of hydrogen-bond acceptors (Lipinski definition) is 2. The molecule has 1 aromatic rings. The Hall–Kier alpha value is -1.39. The Morgan fingerprint density at radius 2 is 1.60 bits per heavy atom. The van der Waals surface area contributed by atoms with E-state index in [-0.39, 0.29) is 5.75 Å². The predicted molar refractivity (Wildman–Crippen MR) is 72.8 cm³/mol. The Labute approximate surface area is 117 Å². The normalized spacial score (nSPS) is 17.6. The zero-order valence-electron chi connectivity index (χ0n) is 11.4. The first-order valence-electron chi connectivity index (χ1n) is 7.12. The fourth-order valence-electron chi connectivity index (χ4n) is 2.60. The lowest BCUT2D eigenvalue weighted by Gasteiger charge is -2.16. The van der Waals surface area contributed by atoms with Crippen LogP contribution in [0.5, 0.6) is 5.75 Å². The molecule has 1 N–H and O–H groups in total. The Morgan fingerprint density at radius 3 is 2.15 bits per heavy atom. The molecule has 5 heteroatoms. The fourth-order valence-corrected chi connectivity index (χ4v) is 2.60. The standard InChI is InChI=1S/C15H20F3NO/c16-15(17,18)20-14-9-7-13(8-10-14)19-11-12-5-3-1-2-4-6-12/h7-10,12,19H,1-6,11H2. The van der Waals surface area contributed by atoms with Crippen molar-refractivity contribution in [1.29, 1.82) is 0 Å². The molecular weight excluding hydrogens is 267 g/mol. The first-order valence-corrected chi connectivity index (χ1v) is 7.12. The molecular formula is C15H20F3NO. The van der Waals surface area contributed by atoms with Crippen LogP contribution in [-0.2, 0) is 0 Å². The SMILES string of the molecule is FC(F)(F)Oc1ccc(NCC2CCCCCC2)cc1. The van der Waals surface area contributed by atoms with E-state index >= 15 is 0 Å². The third-order valence-corrected chi connectivity index (χ3v) is 3.66. The van der Waals surface area contributed by atoms with Crippen LogP contribution in [0.4, 0.5) is 18.9 Å². The maximum atomic E-state index is 12.0. The average Bonchev–Trinajstić information content (AvgIpc) is 2.65. The second kappa shape index (κ2) is 6.86. The van der Waals surface area contributed by atoms with Crippen molar-refractivity contribution in [1.82, 2.24) is 0 Å². The van der Waals surface area contributed by atoms with E-state index in [1.54, 1.807) is 12.1 Å². The van der Waals surface area contributed by atoms with Gasteiger partial charge < -0.3 is 10.1 Å². The predicted octanol–water partition coefficient (Wildman–Crippen LogP) is 4.97. The summed E-state index contributed by atoms with van der Waals surface area (Å²) in [5, 5.41) is 3.30. The third-order valence-electron chi connectivity index (χ3n) is 3.66. The van der Waals surface area contributed by atoms with Gasteiger partial charge in [-0.2, -0.15) is 0 Å². The molecule has 0 radical (unpaired) electrons. The molecule has 2 rings (SSSR count). The number of nitrogens with one attached hydrogen (secondary N) is 1. The van der Waals surface area contributed by atoms with E-state index in [1.807, 2.05) is 0 Å². The lowest BCUT2D eigenvalue weighted by Crippen LogP contribution is -2.17. The molecule has 0 atom stereocenters. The minimum atomic E-state index is -4.63. The van der Waals surface area contributed by atoms with Gasteiger partial charge in [0, 0.05) is 12.2 Å². The van der Waals surface area contributed by atoms with E-state index in [1.165, 1.54) is 50.7 Å². The Morgan fingerprint density at radius 1 is 1.00 bits per heavy atom. The van der Waals surface area contributed by atoms with Crippen LogP contribution < -0.4 is 10.1 Å². The summed E-state index contributed by atoms with van der Waals surface area (Å²) in [5.41, 5.74) is 0.837. The molecule has 0 aliphatic heterocycles. The molecule has 0 bridgehead atoms. The van der Waals surface area contributed by atoms with Crippen molar-refractivity contribution in [2.75, 3.05) is 11.9 Å². The Balaban J connectivity index is 1.81. The molecule has 1 aliphatic carbocycles. The molecule has 2 nitrogen and oxygen atoms in total. The lowest BCUT2D eigenvalue weighted by molar-refractivity contribution is -0.274. The van der Waals surface area contributed by atoms with Gasteiger partial charge in [0.15, 0.2) is 0 Å². The van der Waals surface area contributed by atoms with Crippen molar-refractivity contribution in [3.05, 3.63) is 24.3 Å². The van der Waals surface area contributed by atoms with Gasteiger partial charge in [-0.25, -0.2) is 0 Å². The Bertz CT molecular complexity index is 395. The summed E-state index contributed by atoms with van der Waals surface area (Å²) in [7, 11) is 0. The summed E-state index contributed by atoms with van der Waals surface area (Å²) >= 11 is 0. The number of benzene rings is 1. The number of halogens is 3. The van der Waals surface area contributed by atoms with Crippen LogP contribution in [0, 0.1) is 5.92 Å². The van der Waals surface area contributed by atoms with Gasteiger partial charge in [0.05, 0.1) is 0 Å². The van der Waals surface area contributed by atoms with Gasteiger partial charge in [-0.3, -0.25) is 0 Å². The fraction of sp³-hybridized carbons (Fsp3) is 0.600. The lowest BCUT2D eigenvalue weighted by atomic mass is 10.0. The number of alkyl halides is 3. The quantitative estimate of drug-likeness (QED) is 0.790. The molecule has 1 aliphatic rings. The molecule has 1 fully saturated rings. The second-order valence-corrected chi connectivity index (χ2v) is 5.31. The van der Waals surface area contributed by atoms with Crippen molar-refractivity contribution < 1.29 is 17.9 Å². The van der Waals surface area contributed by atoms with Crippen molar-refractivity contribution in [2.45, 2.75) is 44.9 Å². The zero-order valence-corrected chi connectivity index (χ0v) is 11.4. The van der Waals surface area contributed by atoms with Crippen LogP contribution in [0.2, 0.25) is 0 Å². The molecule has 0 amide bonds. The molecule has 0 aromatic heterocycles. The van der Waals surface area contributed by atoms with E-state index in [2.05, 4.69) is 10.1 Å². The summed E-state index contributed by atoms with van der Waals surface area (Å²) in [6.07, 6.45) is 3.05. The summed E-state index contributed by atoms with van der Waals surface area (Å²) in [6, 6.07) is 5.92. The maximum Gasteiger partial charge on any atom is 0.573 e. The highest BCUT2D eigenvalue weighted by atomic mass is 19.4. The third kappa shape index (κ3) is 5.31. The summed E-state index contributed by atoms with van der Waals surface area (Å²) < 4.78 is 39.9. The van der Waals surface area contributed by atoms with Crippen LogP contribution >= 0.6 is 0 Å². The van der Waals surface area contributed by atoms with E-state index in [0.717, 1.165) is 12.2 Å². The van der Waals surface area contributed by atoms with Crippen LogP contribution in [0.15, 0.2) is 24.3 Å². The molecule has 0 heterocycles. The summed E-state index contributed by atoms with van der Waals surface area (Å²) in [5.74, 6) is 0.487. The maximum absolute atomic E-state index is 12.0. The largest absolute Gasteiger partial charge is 0.573 e. The minimum absolute atomic E-state index is 0.183. The highest BCUT2D eigenvalue weighted by Gasteiger charge is 2.30. The summed E-state index contributed by atoms with van der Waals surface area (Å²) in [4.78, 5) is 0. The zero-order chi connectivity index (χ0) is 14.4. The van der Waals surface area contributed by atoms with Crippen molar-refractivity contribution in [3.8, 4) is 5.75 Å². The van der Waals surface area contributed by atoms with Crippen LogP contribution in [0.25, 0.3) is 0 Å². The molecule has 112 valence electrons. The van der Waals surface area contributed by atoms with Gasteiger partial charge in [-0.05, 0) is 43.0 Å². The number of anilines is 1. The van der Waals surface area contributed by atoms with Crippen LogP contribution in [0.1, 0.15) is 38.5 Å². The van der Waals surface area contributed by atoms with Gasteiger partial charge in [0.25, 0.3) is 0 Å². The average molecular weight is 287 g/mol. The first kappa shape index (κ1) is 15.0. The van der Waals surface area contributed by atoms with Crippen molar-refractivity contribution in [2.24, 2.45) is 5.92 Å². The highest BCUT2D eigenvalue weighted by Crippen LogP contribution is 2.25. The molecule has 1 saturated carbocycles. The van der Waals surface area contributed by atoms with Gasteiger partial charge >= 0.3 is 6.36 Å². The molecule has 0 spiro atoms. The van der Waals surface area contributed by atoms with Crippen molar-refractivity contribution >= 4 is 5.69 Å². The van der Waals surface area contributed by atoms with E-state index in [9.17, 15) is 13.2 Å². The molecule has 20 heavy (non-hydrogen) atoms. The second-order valence-electron chi connectivity index (χ2n) is 5.31. The number of hydrogen-bond donors (Lipinski definition) is 1. The van der Waals surface area contributed by atoms with Crippen molar-refractivity contribution in [3.63, 3.8) is 0 Å². The number of ether oxygens (including phenoxy) is 1. The van der Waals surface area contributed by atoms with E-state index < -0.39 is 6.36 Å². The first-order chi connectivity index (χ1) is 9.53. The van der Waals surface area contributed by atoms with Gasteiger partial charge in [-0.15, -0.1) is 13.2 Å². The number of rotatable bonds is 4. The van der Waals surface area contributed by atoms with E-state index in [0.29, 0.717) is 5.92 Å². The van der Waals surface area contributed by atoms with Gasteiger partial charge in [0.2, 0.25) is 0 Å². The smallest absolute Gasteiger partial charge is 0.406 e. The van der Waals surface area contributed by atoms with E-state index in [4.69, 9.17) is 0 Å². The topological polar surface area (TPSA) is 21.3 Å². The minimum Gasteiger partial charge on any atom is -0.406 e. The Kier molecular flexibility index (Phi) is 5.15.